The van der Waals surface area contributed by atoms with E-state index in [2.05, 4.69) is 43.1 Å². The molecular weight excluding hydrogens is 354 g/mol. The molecule has 3 aromatic rings. The van der Waals surface area contributed by atoms with E-state index in [1.54, 1.807) is 0 Å². The number of amidine groups is 1. The van der Waals surface area contributed by atoms with Gasteiger partial charge in [0.25, 0.3) is 0 Å². The number of rotatable bonds is 2. The van der Waals surface area contributed by atoms with Crippen LogP contribution in [0, 0.1) is 6.92 Å². The standard InChI is InChI=1S/C23H20ClN3/c1-16-7-3-6-10-22(16)27(2)23-15-21(17-11-13-18(24)14-12-17)25-19-8-4-5-9-20(19)26-23/h3-14H,15H2,1-2H3. The van der Waals surface area contributed by atoms with Gasteiger partial charge in [0.1, 0.15) is 5.84 Å². The molecule has 0 saturated heterocycles. The van der Waals surface area contributed by atoms with Crippen LogP contribution in [0.3, 0.4) is 0 Å². The summed E-state index contributed by atoms with van der Waals surface area (Å²) in [6.45, 7) is 2.12. The van der Waals surface area contributed by atoms with Crippen LogP contribution in [-0.4, -0.2) is 18.6 Å². The van der Waals surface area contributed by atoms with Crippen molar-refractivity contribution in [3.8, 4) is 0 Å². The molecule has 3 nitrogen and oxygen atoms in total. The van der Waals surface area contributed by atoms with Gasteiger partial charge in [-0.25, -0.2) is 4.99 Å². The smallest absolute Gasteiger partial charge is 0.115 e. The number of nitrogens with zero attached hydrogens (tertiary/aromatic N) is 3. The number of para-hydroxylation sites is 3. The van der Waals surface area contributed by atoms with E-state index in [-0.39, 0.29) is 0 Å². The van der Waals surface area contributed by atoms with Crippen molar-refractivity contribution in [2.45, 2.75) is 13.3 Å². The summed E-state index contributed by atoms with van der Waals surface area (Å²) in [5.41, 5.74) is 6.17. The number of fused-ring (bicyclic) bond motifs is 1. The summed E-state index contributed by atoms with van der Waals surface area (Å²) in [5, 5.41) is 0.722. The van der Waals surface area contributed by atoms with Crippen LogP contribution in [0.15, 0.2) is 82.8 Å². The lowest BCUT2D eigenvalue weighted by atomic mass is 10.1. The first-order valence-corrected chi connectivity index (χ1v) is 9.29. The van der Waals surface area contributed by atoms with Gasteiger partial charge in [-0.3, -0.25) is 4.99 Å². The van der Waals surface area contributed by atoms with Crippen molar-refractivity contribution in [3.05, 3.63) is 88.9 Å². The van der Waals surface area contributed by atoms with Crippen molar-refractivity contribution in [1.82, 2.24) is 0 Å². The Balaban J connectivity index is 1.81. The number of anilines is 1. The molecule has 0 atom stereocenters. The molecule has 0 spiro atoms. The van der Waals surface area contributed by atoms with E-state index in [0.29, 0.717) is 6.42 Å². The van der Waals surface area contributed by atoms with Crippen LogP contribution in [0.4, 0.5) is 17.1 Å². The van der Waals surface area contributed by atoms with Crippen LogP contribution in [-0.2, 0) is 0 Å². The lowest BCUT2D eigenvalue weighted by Gasteiger charge is -2.23. The lowest BCUT2D eigenvalue weighted by molar-refractivity contribution is 1.19. The Bertz CT molecular complexity index is 1040. The fourth-order valence-electron chi connectivity index (χ4n) is 3.25. The van der Waals surface area contributed by atoms with E-state index in [9.17, 15) is 0 Å². The summed E-state index contributed by atoms with van der Waals surface area (Å²) >= 11 is 6.07. The highest BCUT2D eigenvalue weighted by molar-refractivity contribution is 6.30. The van der Waals surface area contributed by atoms with Gasteiger partial charge in [-0.05, 0) is 48.4 Å². The number of hydrogen-bond donors (Lipinski definition) is 0. The molecule has 0 aliphatic carbocycles. The molecule has 1 aliphatic heterocycles. The van der Waals surface area contributed by atoms with E-state index in [4.69, 9.17) is 21.6 Å². The van der Waals surface area contributed by atoms with Crippen molar-refractivity contribution in [3.63, 3.8) is 0 Å². The molecule has 0 N–H and O–H groups in total. The first-order chi connectivity index (χ1) is 13.1. The Morgan fingerprint density at radius 2 is 1.44 bits per heavy atom. The highest BCUT2D eigenvalue weighted by Gasteiger charge is 2.19. The quantitative estimate of drug-likeness (QED) is 0.515. The van der Waals surface area contributed by atoms with E-state index in [1.807, 2.05) is 48.5 Å². The third-order valence-electron chi connectivity index (χ3n) is 4.75. The van der Waals surface area contributed by atoms with E-state index in [0.717, 1.165) is 39.2 Å². The van der Waals surface area contributed by atoms with Gasteiger partial charge in [0.2, 0.25) is 0 Å². The summed E-state index contributed by atoms with van der Waals surface area (Å²) in [5.74, 6) is 0.961. The fourth-order valence-corrected chi connectivity index (χ4v) is 3.37. The molecule has 0 bridgehead atoms. The third kappa shape index (κ3) is 3.64. The summed E-state index contributed by atoms with van der Waals surface area (Å²) < 4.78 is 0. The molecule has 0 aromatic heterocycles. The Hall–Kier alpha value is -2.91. The third-order valence-corrected chi connectivity index (χ3v) is 5.01. The molecule has 0 saturated carbocycles. The highest BCUT2D eigenvalue weighted by Crippen LogP contribution is 2.33. The maximum absolute atomic E-state index is 6.07. The van der Waals surface area contributed by atoms with Crippen molar-refractivity contribution in [1.29, 1.82) is 0 Å². The molecule has 4 rings (SSSR count). The Morgan fingerprint density at radius 3 is 2.15 bits per heavy atom. The molecule has 4 heteroatoms. The second-order valence-corrected chi connectivity index (χ2v) is 7.04. The number of benzene rings is 3. The molecule has 3 aromatic carbocycles. The molecule has 1 heterocycles. The van der Waals surface area contributed by atoms with Crippen LogP contribution in [0.5, 0.6) is 0 Å². The first-order valence-electron chi connectivity index (χ1n) is 8.91. The number of halogens is 1. The molecule has 0 radical (unpaired) electrons. The minimum Gasteiger partial charge on any atom is -0.332 e. The Kier molecular flexibility index (Phi) is 4.78. The van der Waals surface area contributed by atoms with Crippen molar-refractivity contribution in [2.75, 3.05) is 11.9 Å². The van der Waals surface area contributed by atoms with Crippen molar-refractivity contribution in [2.24, 2.45) is 9.98 Å². The zero-order valence-electron chi connectivity index (χ0n) is 15.4. The Labute approximate surface area is 164 Å². The van der Waals surface area contributed by atoms with Crippen LogP contribution in [0.1, 0.15) is 17.5 Å². The van der Waals surface area contributed by atoms with E-state index < -0.39 is 0 Å². The molecule has 1 aliphatic rings. The topological polar surface area (TPSA) is 28.0 Å². The molecule has 0 amide bonds. The van der Waals surface area contributed by atoms with Gasteiger partial charge in [0.05, 0.1) is 17.1 Å². The zero-order valence-corrected chi connectivity index (χ0v) is 16.1. The zero-order chi connectivity index (χ0) is 18.8. The van der Waals surface area contributed by atoms with Crippen LogP contribution < -0.4 is 4.90 Å². The van der Waals surface area contributed by atoms with E-state index >= 15 is 0 Å². The number of aliphatic imine (C=N–C) groups is 2. The molecular formula is C23H20ClN3. The summed E-state index contributed by atoms with van der Waals surface area (Å²) in [4.78, 5) is 12.0. The van der Waals surface area contributed by atoms with Gasteiger partial charge in [0, 0.05) is 24.2 Å². The normalized spacial score (nSPS) is 13.3. The van der Waals surface area contributed by atoms with Gasteiger partial charge >= 0.3 is 0 Å². The monoisotopic (exact) mass is 373 g/mol. The minimum atomic E-state index is 0.640. The Morgan fingerprint density at radius 1 is 0.815 bits per heavy atom. The predicted molar refractivity (Wildman–Crippen MR) is 115 cm³/mol. The maximum Gasteiger partial charge on any atom is 0.115 e. The van der Waals surface area contributed by atoms with Gasteiger partial charge < -0.3 is 4.90 Å². The number of aryl methyl sites for hydroxylation is 1. The second-order valence-electron chi connectivity index (χ2n) is 6.60. The minimum absolute atomic E-state index is 0.640. The highest BCUT2D eigenvalue weighted by atomic mass is 35.5. The van der Waals surface area contributed by atoms with Gasteiger partial charge in [-0.2, -0.15) is 0 Å². The van der Waals surface area contributed by atoms with Crippen LogP contribution in [0.2, 0.25) is 5.02 Å². The molecule has 0 unspecified atom stereocenters. The first kappa shape index (κ1) is 17.5. The fraction of sp³-hybridized carbons (Fsp3) is 0.130. The second kappa shape index (κ2) is 7.37. The summed E-state index contributed by atoms with van der Waals surface area (Å²) in [6, 6.07) is 24.2. The SMILES string of the molecule is Cc1ccccc1N(C)C1=Nc2ccccc2N=C(c2ccc(Cl)cc2)C1. The van der Waals surface area contributed by atoms with Crippen molar-refractivity contribution < 1.29 is 0 Å². The maximum atomic E-state index is 6.07. The molecule has 27 heavy (non-hydrogen) atoms. The average molecular weight is 374 g/mol. The summed E-state index contributed by atoms with van der Waals surface area (Å²) in [7, 11) is 2.06. The van der Waals surface area contributed by atoms with Crippen molar-refractivity contribution >= 4 is 40.2 Å². The van der Waals surface area contributed by atoms with Gasteiger partial charge in [0.15, 0.2) is 0 Å². The van der Waals surface area contributed by atoms with Crippen LogP contribution >= 0.6 is 11.6 Å². The van der Waals surface area contributed by atoms with Crippen LogP contribution in [0.25, 0.3) is 0 Å². The summed E-state index contributed by atoms with van der Waals surface area (Å²) in [6.07, 6.45) is 0.640. The molecule has 0 fully saturated rings. The van der Waals surface area contributed by atoms with E-state index in [1.165, 1.54) is 5.56 Å². The van der Waals surface area contributed by atoms with Gasteiger partial charge in [-0.1, -0.05) is 54.1 Å². The largest absolute Gasteiger partial charge is 0.332 e. The van der Waals surface area contributed by atoms with Gasteiger partial charge in [-0.15, -0.1) is 0 Å². The lowest BCUT2D eigenvalue weighted by Crippen LogP contribution is -2.29. The molecule has 134 valence electrons. The number of hydrogen-bond acceptors (Lipinski definition) is 3. The predicted octanol–water partition coefficient (Wildman–Crippen LogP) is 6.34. The average Bonchev–Trinajstić information content (AvgIpc) is 2.88.